The van der Waals surface area contributed by atoms with Gasteiger partial charge in [0.05, 0.1) is 15.4 Å². The smallest absolute Gasteiger partial charge is 0.265 e. The van der Waals surface area contributed by atoms with Crippen LogP contribution in [0.15, 0.2) is 41.3 Å². The van der Waals surface area contributed by atoms with Gasteiger partial charge in [-0.2, -0.15) is 0 Å². The van der Waals surface area contributed by atoms with Crippen LogP contribution in [-0.2, 0) is 20.9 Å². The number of fused-ring (bicyclic) bond motifs is 3. The topological polar surface area (TPSA) is 37.4 Å². The van der Waals surface area contributed by atoms with Crippen molar-refractivity contribution >= 4 is 61.1 Å². The molecule has 0 saturated heterocycles. The third-order valence-electron chi connectivity index (χ3n) is 5.77. The number of nitrogens with zero attached hydrogens (tertiary/aromatic N) is 1. The summed E-state index contributed by atoms with van der Waals surface area (Å²) in [6.45, 7) is 13.3. The lowest BCUT2D eigenvalue weighted by molar-refractivity contribution is 0.594. The Labute approximate surface area is 212 Å². The standard InChI is InChI=1S/C25H27NO2S5/c1-24(2,3)20-10-8-15(29-20)17-12-14-22(31-17)23-19(33(27,28)26(14)7)13-18(32-23)16-9-11-21(30-16)25(4,5)6/h8-13H,1-7H3. The molecule has 0 N–H and O–H groups in total. The number of thiophene rings is 4. The summed E-state index contributed by atoms with van der Waals surface area (Å²) in [4.78, 5) is 9.44. The van der Waals surface area contributed by atoms with Crippen LogP contribution in [0.3, 0.4) is 0 Å². The van der Waals surface area contributed by atoms with Crippen molar-refractivity contribution in [3.63, 3.8) is 0 Å². The largest absolute Gasteiger partial charge is 0.268 e. The van der Waals surface area contributed by atoms with Gasteiger partial charge >= 0.3 is 0 Å². The van der Waals surface area contributed by atoms with Crippen molar-refractivity contribution in [2.45, 2.75) is 57.3 Å². The molecule has 0 fully saturated rings. The maximum atomic E-state index is 13.4. The predicted octanol–water partition coefficient (Wildman–Crippen LogP) is 8.67. The summed E-state index contributed by atoms with van der Waals surface area (Å²) in [6.07, 6.45) is 0. The average molecular weight is 534 g/mol. The first kappa shape index (κ1) is 23.3. The first-order valence-corrected chi connectivity index (χ1v) is 15.5. The Bertz CT molecular complexity index is 1470. The minimum Gasteiger partial charge on any atom is -0.268 e. The minimum atomic E-state index is -3.57. The van der Waals surface area contributed by atoms with Crippen molar-refractivity contribution in [3.05, 3.63) is 46.2 Å². The summed E-state index contributed by atoms with van der Waals surface area (Å²) in [5, 5.41) is 0. The molecule has 5 rings (SSSR count). The highest BCUT2D eigenvalue weighted by Gasteiger charge is 2.37. The van der Waals surface area contributed by atoms with E-state index in [2.05, 4.69) is 65.8 Å². The maximum absolute atomic E-state index is 13.4. The average Bonchev–Trinajstić information content (AvgIpc) is 3.49. The molecule has 174 valence electrons. The van der Waals surface area contributed by atoms with Crippen LogP contribution < -0.4 is 4.31 Å². The number of rotatable bonds is 2. The van der Waals surface area contributed by atoms with E-state index in [1.807, 2.05) is 12.1 Å². The third kappa shape index (κ3) is 3.84. The molecule has 0 atom stereocenters. The van der Waals surface area contributed by atoms with E-state index in [0.29, 0.717) is 4.90 Å². The molecule has 0 radical (unpaired) electrons. The van der Waals surface area contributed by atoms with Crippen molar-refractivity contribution in [1.29, 1.82) is 0 Å². The van der Waals surface area contributed by atoms with Crippen molar-refractivity contribution < 1.29 is 8.42 Å². The lowest BCUT2D eigenvalue weighted by Crippen LogP contribution is -2.28. The molecule has 4 aromatic rings. The fourth-order valence-electron chi connectivity index (χ4n) is 3.77. The van der Waals surface area contributed by atoms with Gasteiger partial charge in [-0.3, -0.25) is 4.31 Å². The quantitative estimate of drug-likeness (QED) is 0.258. The van der Waals surface area contributed by atoms with E-state index in [1.54, 1.807) is 52.4 Å². The van der Waals surface area contributed by atoms with E-state index in [4.69, 9.17) is 0 Å². The summed E-state index contributed by atoms with van der Waals surface area (Å²) in [7, 11) is -1.90. The summed E-state index contributed by atoms with van der Waals surface area (Å²) >= 11 is 6.84. The molecule has 1 aliphatic rings. The van der Waals surface area contributed by atoms with Gasteiger partial charge < -0.3 is 0 Å². The Balaban J connectivity index is 1.63. The molecule has 3 nitrogen and oxygen atoms in total. The van der Waals surface area contributed by atoms with Gasteiger partial charge in [-0.15, -0.1) is 45.3 Å². The molecule has 0 spiro atoms. The second-order valence-corrected chi connectivity index (χ2v) is 16.6. The number of hydrogen-bond acceptors (Lipinski definition) is 6. The van der Waals surface area contributed by atoms with Crippen LogP contribution in [0.1, 0.15) is 51.3 Å². The molecule has 33 heavy (non-hydrogen) atoms. The fraction of sp³-hybridized carbons (Fsp3) is 0.360. The van der Waals surface area contributed by atoms with Crippen LogP contribution in [-0.4, -0.2) is 15.5 Å². The molecule has 0 aliphatic carbocycles. The van der Waals surface area contributed by atoms with Crippen LogP contribution in [0, 0.1) is 0 Å². The molecular formula is C25H27NO2S5. The maximum Gasteiger partial charge on any atom is 0.265 e. The van der Waals surface area contributed by atoms with E-state index in [1.165, 1.54) is 18.9 Å². The molecule has 8 heteroatoms. The second-order valence-electron chi connectivity index (χ2n) is 10.4. The minimum absolute atomic E-state index is 0.0779. The molecule has 0 bridgehead atoms. The summed E-state index contributed by atoms with van der Waals surface area (Å²) < 4.78 is 28.3. The molecule has 0 saturated carbocycles. The van der Waals surface area contributed by atoms with E-state index in [0.717, 1.165) is 30.1 Å². The Kier molecular flexibility index (Phi) is 5.31. The summed E-state index contributed by atoms with van der Waals surface area (Å²) in [5.74, 6) is 0. The normalized spacial score (nSPS) is 15.5. The zero-order valence-corrected chi connectivity index (χ0v) is 23.9. The lowest BCUT2D eigenvalue weighted by atomic mass is 9.95. The Morgan fingerprint density at radius 2 is 1.15 bits per heavy atom. The Morgan fingerprint density at radius 1 is 0.667 bits per heavy atom. The van der Waals surface area contributed by atoms with Gasteiger partial charge in [0, 0.05) is 36.3 Å². The second kappa shape index (κ2) is 7.52. The van der Waals surface area contributed by atoms with Crippen molar-refractivity contribution in [1.82, 2.24) is 0 Å². The predicted molar refractivity (Wildman–Crippen MR) is 147 cm³/mol. The highest BCUT2D eigenvalue weighted by Crippen LogP contribution is 2.55. The van der Waals surface area contributed by atoms with E-state index in [-0.39, 0.29) is 10.8 Å². The van der Waals surface area contributed by atoms with Gasteiger partial charge in [-0.1, -0.05) is 41.5 Å². The van der Waals surface area contributed by atoms with Crippen LogP contribution in [0.25, 0.3) is 29.3 Å². The lowest BCUT2D eigenvalue weighted by Gasteiger charge is -2.24. The van der Waals surface area contributed by atoms with E-state index >= 15 is 0 Å². The van der Waals surface area contributed by atoms with Gasteiger partial charge in [0.25, 0.3) is 10.0 Å². The number of sulfonamides is 1. The molecule has 1 aliphatic heterocycles. The van der Waals surface area contributed by atoms with Gasteiger partial charge in [-0.25, -0.2) is 8.42 Å². The van der Waals surface area contributed by atoms with E-state index < -0.39 is 10.0 Å². The first-order chi connectivity index (χ1) is 15.3. The van der Waals surface area contributed by atoms with Gasteiger partial charge in [0.1, 0.15) is 4.90 Å². The molecule has 0 unspecified atom stereocenters. The van der Waals surface area contributed by atoms with Crippen molar-refractivity contribution in [2.75, 3.05) is 11.4 Å². The molecule has 4 aromatic heterocycles. The third-order valence-corrected chi connectivity index (χ3v) is 13.5. The first-order valence-electron chi connectivity index (χ1n) is 10.7. The fourth-order valence-corrected chi connectivity index (χ4v) is 10.4. The highest BCUT2D eigenvalue weighted by atomic mass is 32.2. The summed E-state index contributed by atoms with van der Waals surface area (Å²) in [6, 6.07) is 12.6. The van der Waals surface area contributed by atoms with Crippen LogP contribution in [0.5, 0.6) is 0 Å². The van der Waals surface area contributed by atoms with Crippen molar-refractivity contribution in [3.8, 4) is 29.3 Å². The van der Waals surface area contributed by atoms with Gasteiger partial charge in [0.15, 0.2) is 0 Å². The molecule has 0 aromatic carbocycles. The monoisotopic (exact) mass is 533 g/mol. The Morgan fingerprint density at radius 3 is 1.64 bits per heavy atom. The van der Waals surface area contributed by atoms with Crippen LogP contribution >= 0.6 is 45.3 Å². The summed E-state index contributed by atoms with van der Waals surface area (Å²) in [5.41, 5.74) is 0.958. The van der Waals surface area contributed by atoms with Crippen LogP contribution in [0.2, 0.25) is 0 Å². The zero-order chi connectivity index (χ0) is 23.9. The number of anilines is 1. The highest BCUT2D eigenvalue weighted by molar-refractivity contribution is 7.93. The van der Waals surface area contributed by atoms with Crippen LogP contribution in [0.4, 0.5) is 5.69 Å². The SMILES string of the molecule is CN1c2cc(-c3ccc(C(C)(C)C)s3)sc2-c2sc(-c3ccc(C(C)(C)C)s3)cc2S1(=O)=O. The van der Waals surface area contributed by atoms with Gasteiger partial charge in [0.2, 0.25) is 0 Å². The van der Waals surface area contributed by atoms with Crippen molar-refractivity contribution in [2.24, 2.45) is 0 Å². The Hall–Kier alpha value is -1.45. The molecule has 5 heterocycles. The number of hydrogen-bond donors (Lipinski definition) is 0. The molecular weight excluding hydrogens is 507 g/mol. The molecule has 0 amide bonds. The van der Waals surface area contributed by atoms with E-state index in [9.17, 15) is 8.42 Å². The zero-order valence-electron chi connectivity index (χ0n) is 19.8. The van der Waals surface area contributed by atoms with Gasteiger partial charge in [-0.05, 0) is 47.2 Å².